The molecule has 0 N–H and O–H groups in total. The average Bonchev–Trinajstić information content (AvgIpc) is 2.69. The van der Waals surface area contributed by atoms with E-state index in [4.69, 9.17) is 0 Å². The van der Waals surface area contributed by atoms with Crippen molar-refractivity contribution in [3.05, 3.63) is 53.2 Å². The van der Waals surface area contributed by atoms with Gasteiger partial charge in [0.05, 0.1) is 11.1 Å². The summed E-state index contributed by atoms with van der Waals surface area (Å²) in [5, 5.41) is 1.11. The number of para-hydroxylation sites is 1. The van der Waals surface area contributed by atoms with E-state index in [1.165, 1.54) is 16.8 Å². The van der Waals surface area contributed by atoms with Crippen LogP contribution < -0.4 is 0 Å². The highest BCUT2D eigenvalue weighted by molar-refractivity contribution is 6.16. The molecule has 1 aliphatic carbocycles. The molecule has 0 radical (unpaired) electrons. The number of hydrogen-bond acceptors (Lipinski definition) is 1. The summed E-state index contributed by atoms with van der Waals surface area (Å²) >= 11 is 0. The van der Waals surface area contributed by atoms with Crippen molar-refractivity contribution >= 4 is 22.8 Å². The van der Waals surface area contributed by atoms with Crippen LogP contribution in [0.15, 0.2) is 36.4 Å². The maximum absolute atomic E-state index is 12.0. The summed E-state index contributed by atoms with van der Waals surface area (Å²) < 4.78 is 2.28. The molecule has 1 aromatic carbocycles. The number of carbonyl (C=O) groups is 1. The quantitative estimate of drug-likeness (QED) is 0.670. The van der Waals surface area contributed by atoms with Gasteiger partial charge in [0, 0.05) is 24.0 Å². The topological polar surface area (TPSA) is 22.0 Å². The highest BCUT2D eigenvalue weighted by atomic mass is 16.1. The summed E-state index contributed by atoms with van der Waals surface area (Å²) in [4.78, 5) is 12.0. The monoisotopic (exact) mass is 221 g/mol. The number of ketones is 1. The predicted molar refractivity (Wildman–Crippen MR) is 68.1 cm³/mol. The Morgan fingerprint density at radius 2 is 2.06 bits per heavy atom. The number of rotatable bonds is 0. The van der Waals surface area contributed by atoms with Crippen molar-refractivity contribution in [3.8, 4) is 0 Å². The Morgan fingerprint density at radius 1 is 1.12 bits per heavy atom. The zero-order valence-corrected chi connectivity index (χ0v) is 9.31. The highest BCUT2D eigenvalue weighted by Gasteiger charge is 2.24. The van der Waals surface area contributed by atoms with E-state index in [2.05, 4.69) is 28.9 Å². The molecule has 2 heterocycles. The lowest BCUT2D eigenvalue weighted by Crippen LogP contribution is -2.09. The summed E-state index contributed by atoms with van der Waals surface area (Å²) in [6.07, 6.45) is 8.83. The van der Waals surface area contributed by atoms with Gasteiger partial charge in [0.25, 0.3) is 0 Å². The lowest BCUT2D eigenvalue weighted by Gasteiger charge is -2.13. The zero-order valence-electron chi connectivity index (χ0n) is 9.31. The van der Waals surface area contributed by atoms with E-state index in [0.717, 1.165) is 23.9 Å². The Kier molecular flexibility index (Phi) is 1.57. The van der Waals surface area contributed by atoms with Crippen molar-refractivity contribution < 1.29 is 4.79 Å². The number of hydrogen-bond donors (Lipinski definition) is 0. The molecule has 0 unspecified atom stereocenters. The number of carbonyl (C=O) groups excluding carboxylic acids is 1. The minimum atomic E-state index is 0.147. The largest absolute Gasteiger partial charge is 0.339 e. The van der Waals surface area contributed by atoms with Gasteiger partial charge < -0.3 is 4.57 Å². The molecule has 2 heteroatoms. The fraction of sp³-hybridized carbons (Fsp3) is 0.133. The Balaban J connectivity index is 2.23. The van der Waals surface area contributed by atoms with Gasteiger partial charge in [-0.15, -0.1) is 0 Å². The molecule has 0 amide bonds. The first kappa shape index (κ1) is 8.99. The summed E-state index contributed by atoms with van der Waals surface area (Å²) in [7, 11) is 0. The van der Waals surface area contributed by atoms with Gasteiger partial charge >= 0.3 is 0 Å². The van der Waals surface area contributed by atoms with E-state index in [1.54, 1.807) is 6.08 Å². The van der Waals surface area contributed by atoms with Crippen LogP contribution in [-0.2, 0) is 13.0 Å². The van der Waals surface area contributed by atoms with Crippen molar-refractivity contribution in [2.75, 3.05) is 0 Å². The van der Waals surface area contributed by atoms with Crippen LogP contribution in [0.3, 0.4) is 0 Å². The molecule has 17 heavy (non-hydrogen) atoms. The van der Waals surface area contributed by atoms with E-state index in [1.807, 2.05) is 12.1 Å². The molecule has 4 rings (SSSR count). The molecule has 1 aromatic heterocycles. The molecule has 2 nitrogen and oxygen atoms in total. The van der Waals surface area contributed by atoms with Crippen molar-refractivity contribution in [2.45, 2.75) is 13.0 Å². The van der Waals surface area contributed by atoms with Crippen LogP contribution in [-0.4, -0.2) is 10.4 Å². The number of aromatic nitrogens is 1. The minimum Gasteiger partial charge on any atom is -0.339 e. The molecular formula is C15H11NO. The molecule has 2 aromatic rings. The Hall–Kier alpha value is -2.09. The Labute approximate surface area is 98.9 Å². The van der Waals surface area contributed by atoms with E-state index in [9.17, 15) is 4.79 Å². The molecule has 1 aliphatic heterocycles. The van der Waals surface area contributed by atoms with Crippen LogP contribution in [0.4, 0.5) is 0 Å². The van der Waals surface area contributed by atoms with Gasteiger partial charge in [-0.25, -0.2) is 0 Å². The van der Waals surface area contributed by atoms with Gasteiger partial charge in [-0.3, -0.25) is 4.79 Å². The first-order valence-corrected chi connectivity index (χ1v) is 5.88. The maximum atomic E-state index is 12.0. The molecule has 0 spiro atoms. The summed E-state index contributed by atoms with van der Waals surface area (Å²) in [6, 6.07) is 6.20. The smallest absolute Gasteiger partial charge is 0.187 e. The SMILES string of the molecule is O=C1C=CCc2c1c1cccc3c1n2CC=C3. The van der Waals surface area contributed by atoms with Gasteiger partial charge in [0.1, 0.15) is 0 Å². The third-order valence-electron chi connectivity index (χ3n) is 3.63. The van der Waals surface area contributed by atoms with Crippen molar-refractivity contribution in [3.63, 3.8) is 0 Å². The van der Waals surface area contributed by atoms with Gasteiger partial charge in [-0.2, -0.15) is 0 Å². The second kappa shape index (κ2) is 2.98. The summed E-state index contributed by atoms with van der Waals surface area (Å²) in [6.45, 7) is 0.879. The first-order chi connectivity index (χ1) is 8.36. The number of benzene rings is 1. The molecule has 0 fully saturated rings. The number of fused-ring (bicyclic) bond motifs is 3. The molecule has 82 valence electrons. The maximum Gasteiger partial charge on any atom is 0.187 e. The standard InChI is InChI=1S/C15H11NO/c17-13-8-2-7-12-14(13)11-6-1-4-10-5-3-9-16(12)15(10)11/h1-6,8H,7,9H2. The normalized spacial score (nSPS) is 16.6. The van der Waals surface area contributed by atoms with Gasteiger partial charge in [-0.05, 0) is 11.6 Å². The van der Waals surface area contributed by atoms with Crippen LogP contribution in [0, 0.1) is 0 Å². The third-order valence-corrected chi connectivity index (χ3v) is 3.63. The van der Waals surface area contributed by atoms with Crippen LogP contribution >= 0.6 is 0 Å². The van der Waals surface area contributed by atoms with E-state index in [-0.39, 0.29) is 5.78 Å². The second-order valence-corrected chi connectivity index (χ2v) is 4.55. The van der Waals surface area contributed by atoms with Crippen LogP contribution in [0.25, 0.3) is 17.0 Å². The number of nitrogens with zero attached hydrogens (tertiary/aromatic N) is 1. The minimum absolute atomic E-state index is 0.147. The van der Waals surface area contributed by atoms with Crippen molar-refractivity contribution in [1.82, 2.24) is 4.57 Å². The zero-order chi connectivity index (χ0) is 11.4. The molecule has 0 saturated heterocycles. The third kappa shape index (κ3) is 1.02. The molecule has 0 atom stereocenters. The van der Waals surface area contributed by atoms with Crippen molar-refractivity contribution in [1.29, 1.82) is 0 Å². The van der Waals surface area contributed by atoms with E-state index in [0.29, 0.717) is 0 Å². The van der Waals surface area contributed by atoms with E-state index < -0.39 is 0 Å². The fourth-order valence-electron chi connectivity index (χ4n) is 2.96. The summed E-state index contributed by atoms with van der Waals surface area (Å²) in [5.41, 5.74) is 4.52. The summed E-state index contributed by atoms with van der Waals surface area (Å²) in [5.74, 6) is 0.147. The van der Waals surface area contributed by atoms with Gasteiger partial charge in [0.2, 0.25) is 0 Å². The van der Waals surface area contributed by atoms with Crippen LogP contribution in [0.2, 0.25) is 0 Å². The second-order valence-electron chi connectivity index (χ2n) is 4.55. The molecule has 0 saturated carbocycles. The Bertz CT molecular complexity index is 716. The van der Waals surface area contributed by atoms with Gasteiger partial charge in [0.15, 0.2) is 5.78 Å². The molecule has 2 aliphatic rings. The lowest BCUT2D eigenvalue weighted by molar-refractivity contribution is 0.104. The Morgan fingerprint density at radius 3 is 3.00 bits per heavy atom. The fourth-order valence-corrected chi connectivity index (χ4v) is 2.96. The highest BCUT2D eigenvalue weighted by Crippen LogP contribution is 2.34. The van der Waals surface area contributed by atoms with E-state index >= 15 is 0 Å². The number of allylic oxidation sites excluding steroid dienone is 3. The molecule has 0 bridgehead atoms. The predicted octanol–water partition coefficient (Wildman–Crippen LogP) is 2.96. The van der Waals surface area contributed by atoms with Gasteiger partial charge in [-0.1, -0.05) is 36.4 Å². The average molecular weight is 221 g/mol. The van der Waals surface area contributed by atoms with Crippen LogP contribution in [0.1, 0.15) is 21.6 Å². The molecular weight excluding hydrogens is 210 g/mol. The lowest BCUT2D eigenvalue weighted by atomic mass is 9.99. The first-order valence-electron chi connectivity index (χ1n) is 5.88. The van der Waals surface area contributed by atoms with Crippen LogP contribution in [0.5, 0.6) is 0 Å². The van der Waals surface area contributed by atoms with Crippen molar-refractivity contribution in [2.24, 2.45) is 0 Å².